The van der Waals surface area contributed by atoms with E-state index in [0.29, 0.717) is 0 Å². The Kier molecular flexibility index (Phi) is 4.10. The third-order valence-corrected chi connectivity index (χ3v) is 3.60. The van der Waals surface area contributed by atoms with Gasteiger partial charge < -0.3 is 9.64 Å². The highest BCUT2D eigenvalue weighted by atomic mass is 16.5. The van der Waals surface area contributed by atoms with Crippen LogP contribution in [0, 0.1) is 6.92 Å². The molecule has 0 spiro atoms. The fourth-order valence-corrected chi connectivity index (χ4v) is 2.56. The molecule has 3 aromatic rings. The van der Waals surface area contributed by atoms with Crippen molar-refractivity contribution in [1.82, 2.24) is 0 Å². The average molecular weight is 289 g/mol. The number of anilines is 3. The van der Waals surface area contributed by atoms with Crippen molar-refractivity contribution in [2.45, 2.75) is 6.92 Å². The van der Waals surface area contributed by atoms with Crippen LogP contribution < -0.4 is 9.64 Å². The van der Waals surface area contributed by atoms with Crippen molar-refractivity contribution >= 4 is 17.1 Å². The standard InChI is InChI=1S/C20H19NO/c1-16-13-14-20(22-2)19(15-16)21(17-9-5-3-6-10-17)18-11-7-4-8-12-18/h3-15H,1-2H3. The first kappa shape index (κ1) is 14.2. The molecule has 0 bridgehead atoms. The maximum absolute atomic E-state index is 5.58. The predicted octanol–water partition coefficient (Wildman–Crippen LogP) is 5.47. The van der Waals surface area contributed by atoms with Gasteiger partial charge in [0, 0.05) is 11.4 Å². The Hall–Kier alpha value is -2.74. The minimum atomic E-state index is 0.860. The zero-order valence-corrected chi connectivity index (χ0v) is 12.9. The van der Waals surface area contributed by atoms with Crippen LogP contribution in [0.2, 0.25) is 0 Å². The summed E-state index contributed by atoms with van der Waals surface area (Å²) >= 11 is 0. The molecule has 0 saturated carbocycles. The molecule has 0 radical (unpaired) electrons. The largest absolute Gasteiger partial charge is 0.495 e. The molecule has 0 aliphatic rings. The number of methoxy groups -OCH3 is 1. The van der Waals surface area contributed by atoms with Crippen molar-refractivity contribution in [2.75, 3.05) is 12.0 Å². The summed E-state index contributed by atoms with van der Waals surface area (Å²) in [6, 6.07) is 26.9. The molecule has 2 heteroatoms. The van der Waals surface area contributed by atoms with Gasteiger partial charge in [-0.25, -0.2) is 0 Å². The van der Waals surface area contributed by atoms with E-state index in [9.17, 15) is 0 Å². The van der Waals surface area contributed by atoms with Gasteiger partial charge in [0.05, 0.1) is 12.8 Å². The van der Waals surface area contributed by atoms with Crippen LogP contribution in [-0.2, 0) is 0 Å². The predicted molar refractivity (Wildman–Crippen MR) is 92.4 cm³/mol. The highest BCUT2D eigenvalue weighted by molar-refractivity contribution is 5.80. The van der Waals surface area contributed by atoms with Crippen molar-refractivity contribution in [2.24, 2.45) is 0 Å². The van der Waals surface area contributed by atoms with Crippen molar-refractivity contribution in [1.29, 1.82) is 0 Å². The van der Waals surface area contributed by atoms with Gasteiger partial charge >= 0.3 is 0 Å². The Bertz CT molecular complexity index is 699. The molecule has 110 valence electrons. The molecular formula is C20H19NO. The third kappa shape index (κ3) is 2.82. The second-order valence-corrected chi connectivity index (χ2v) is 5.18. The highest BCUT2D eigenvalue weighted by Gasteiger charge is 2.16. The molecule has 0 amide bonds. The van der Waals surface area contributed by atoms with Gasteiger partial charge in [-0.05, 0) is 48.9 Å². The Morgan fingerprint density at radius 2 is 1.27 bits per heavy atom. The number of hydrogen-bond donors (Lipinski definition) is 0. The molecule has 0 N–H and O–H groups in total. The van der Waals surface area contributed by atoms with E-state index in [1.807, 2.05) is 42.5 Å². The van der Waals surface area contributed by atoms with Gasteiger partial charge in [0.1, 0.15) is 5.75 Å². The van der Waals surface area contributed by atoms with Gasteiger partial charge in [-0.3, -0.25) is 0 Å². The van der Waals surface area contributed by atoms with Gasteiger partial charge in [0.2, 0.25) is 0 Å². The number of ether oxygens (including phenoxy) is 1. The summed E-state index contributed by atoms with van der Waals surface area (Å²) < 4.78 is 5.58. The van der Waals surface area contributed by atoms with E-state index < -0.39 is 0 Å². The summed E-state index contributed by atoms with van der Waals surface area (Å²) in [7, 11) is 1.71. The molecule has 0 fully saturated rings. The van der Waals surface area contributed by atoms with E-state index in [1.54, 1.807) is 7.11 Å². The molecule has 0 aromatic heterocycles. The maximum atomic E-state index is 5.58. The van der Waals surface area contributed by atoms with Gasteiger partial charge in [-0.1, -0.05) is 42.5 Å². The second kappa shape index (κ2) is 6.35. The minimum Gasteiger partial charge on any atom is -0.495 e. The number of aryl methyl sites for hydroxylation is 1. The molecular weight excluding hydrogens is 270 g/mol. The third-order valence-electron chi connectivity index (χ3n) is 3.60. The van der Waals surface area contributed by atoms with Crippen LogP contribution in [-0.4, -0.2) is 7.11 Å². The number of benzene rings is 3. The van der Waals surface area contributed by atoms with E-state index in [1.165, 1.54) is 5.56 Å². The highest BCUT2D eigenvalue weighted by Crippen LogP contribution is 2.40. The first-order chi connectivity index (χ1) is 10.8. The number of para-hydroxylation sites is 2. The van der Waals surface area contributed by atoms with Crippen molar-refractivity contribution < 1.29 is 4.74 Å². The second-order valence-electron chi connectivity index (χ2n) is 5.18. The lowest BCUT2D eigenvalue weighted by Gasteiger charge is -2.27. The van der Waals surface area contributed by atoms with Gasteiger partial charge in [0.25, 0.3) is 0 Å². The Morgan fingerprint density at radius 3 is 1.77 bits per heavy atom. The summed E-state index contributed by atoms with van der Waals surface area (Å²) in [6.45, 7) is 2.09. The van der Waals surface area contributed by atoms with Crippen molar-refractivity contribution in [3.63, 3.8) is 0 Å². The van der Waals surface area contributed by atoms with Crippen LogP contribution >= 0.6 is 0 Å². The van der Waals surface area contributed by atoms with Crippen LogP contribution in [0.4, 0.5) is 17.1 Å². The lowest BCUT2D eigenvalue weighted by molar-refractivity contribution is 0.416. The average Bonchev–Trinajstić information content (AvgIpc) is 2.57. The van der Waals surface area contributed by atoms with Crippen LogP contribution in [0.15, 0.2) is 78.9 Å². The van der Waals surface area contributed by atoms with Crippen LogP contribution in [0.1, 0.15) is 5.56 Å². The molecule has 22 heavy (non-hydrogen) atoms. The zero-order chi connectivity index (χ0) is 15.4. The van der Waals surface area contributed by atoms with Crippen molar-refractivity contribution in [3.05, 3.63) is 84.4 Å². The Labute approximate surface area is 131 Å². The lowest BCUT2D eigenvalue weighted by atomic mass is 10.1. The first-order valence-corrected chi connectivity index (χ1v) is 7.34. The molecule has 0 atom stereocenters. The lowest BCUT2D eigenvalue weighted by Crippen LogP contribution is -2.11. The zero-order valence-electron chi connectivity index (χ0n) is 12.9. The molecule has 3 aromatic carbocycles. The SMILES string of the molecule is COc1ccc(C)cc1N(c1ccccc1)c1ccccc1. The fourth-order valence-electron chi connectivity index (χ4n) is 2.56. The van der Waals surface area contributed by atoms with Gasteiger partial charge in [-0.2, -0.15) is 0 Å². The summed E-state index contributed by atoms with van der Waals surface area (Å²) in [4.78, 5) is 2.21. The van der Waals surface area contributed by atoms with E-state index in [0.717, 1.165) is 22.8 Å². The molecule has 0 saturated heterocycles. The monoisotopic (exact) mass is 289 g/mol. The summed E-state index contributed by atoms with van der Waals surface area (Å²) in [5, 5.41) is 0. The maximum Gasteiger partial charge on any atom is 0.142 e. The first-order valence-electron chi connectivity index (χ1n) is 7.34. The molecule has 0 aliphatic heterocycles. The normalized spacial score (nSPS) is 10.3. The quantitative estimate of drug-likeness (QED) is 0.631. The number of hydrogen-bond acceptors (Lipinski definition) is 2. The Balaban J connectivity index is 2.21. The minimum absolute atomic E-state index is 0.860. The molecule has 0 heterocycles. The topological polar surface area (TPSA) is 12.5 Å². The Morgan fingerprint density at radius 1 is 0.727 bits per heavy atom. The smallest absolute Gasteiger partial charge is 0.142 e. The van der Waals surface area contributed by atoms with E-state index in [-0.39, 0.29) is 0 Å². The van der Waals surface area contributed by atoms with Gasteiger partial charge in [0.15, 0.2) is 0 Å². The van der Waals surface area contributed by atoms with Gasteiger partial charge in [-0.15, -0.1) is 0 Å². The summed E-state index contributed by atoms with van der Waals surface area (Å²) in [5.41, 5.74) is 4.46. The molecule has 0 unspecified atom stereocenters. The van der Waals surface area contributed by atoms with Crippen LogP contribution in [0.5, 0.6) is 5.75 Å². The number of nitrogens with zero attached hydrogens (tertiary/aromatic N) is 1. The molecule has 0 aliphatic carbocycles. The van der Waals surface area contributed by atoms with E-state index >= 15 is 0 Å². The van der Waals surface area contributed by atoms with Crippen LogP contribution in [0.25, 0.3) is 0 Å². The summed E-state index contributed by atoms with van der Waals surface area (Å²) in [6.07, 6.45) is 0. The fraction of sp³-hybridized carbons (Fsp3) is 0.100. The van der Waals surface area contributed by atoms with Crippen molar-refractivity contribution in [3.8, 4) is 5.75 Å². The summed E-state index contributed by atoms with van der Waals surface area (Å²) in [5.74, 6) is 0.860. The van der Waals surface area contributed by atoms with Crippen LogP contribution in [0.3, 0.4) is 0 Å². The van der Waals surface area contributed by atoms with E-state index in [2.05, 4.69) is 48.2 Å². The van der Waals surface area contributed by atoms with E-state index in [4.69, 9.17) is 4.74 Å². The number of rotatable bonds is 4. The molecule has 2 nitrogen and oxygen atoms in total. The molecule has 3 rings (SSSR count).